The van der Waals surface area contributed by atoms with E-state index in [9.17, 15) is 26.7 Å². The molecule has 1 fully saturated rings. The van der Waals surface area contributed by atoms with Crippen LogP contribution < -0.4 is 0 Å². The van der Waals surface area contributed by atoms with Gasteiger partial charge in [-0.05, 0) is 19.8 Å². The van der Waals surface area contributed by atoms with Crippen LogP contribution in [0.1, 0.15) is 19.8 Å². The van der Waals surface area contributed by atoms with E-state index in [1.165, 1.54) is 0 Å². The molecule has 96 valence electrons. The Labute approximate surface area is 91.5 Å². The van der Waals surface area contributed by atoms with Gasteiger partial charge in [-0.1, -0.05) is 0 Å². The van der Waals surface area contributed by atoms with Crippen molar-refractivity contribution in [3.8, 4) is 0 Å². The third-order valence-corrected chi connectivity index (χ3v) is 3.53. The zero-order chi connectivity index (χ0) is 12.8. The molecule has 1 aliphatic rings. The molecular weight excluding hydrogens is 249 g/mol. The van der Waals surface area contributed by atoms with Gasteiger partial charge in [-0.2, -0.15) is 21.6 Å². The Bertz CT molecular complexity index is 367. The van der Waals surface area contributed by atoms with Crippen molar-refractivity contribution in [1.82, 2.24) is 0 Å². The van der Waals surface area contributed by atoms with E-state index < -0.39 is 33.9 Å². The van der Waals surface area contributed by atoms with Crippen molar-refractivity contribution in [2.45, 2.75) is 31.5 Å². The Morgan fingerprint density at radius 2 is 1.81 bits per heavy atom. The Hall–Kier alpha value is -0.340. The molecule has 1 unspecified atom stereocenters. The van der Waals surface area contributed by atoms with E-state index in [0.717, 1.165) is 6.26 Å². The molecule has 16 heavy (non-hydrogen) atoms. The topological polar surface area (TPSA) is 63.6 Å². The van der Waals surface area contributed by atoms with Gasteiger partial charge in [-0.15, -0.1) is 0 Å². The van der Waals surface area contributed by atoms with Crippen LogP contribution in [0.4, 0.5) is 13.2 Å². The summed E-state index contributed by atoms with van der Waals surface area (Å²) >= 11 is 0. The Balaban J connectivity index is 2.80. The molecule has 4 nitrogen and oxygen atoms in total. The van der Waals surface area contributed by atoms with Gasteiger partial charge in [0.1, 0.15) is 0 Å². The minimum atomic E-state index is -4.80. The predicted molar refractivity (Wildman–Crippen MR) is 49.1 cm³/mol. The second-order valence-electron chi connectivity index (χ2n) is 4.32. The summed E-state index contributed by atoms with van der Waals surface area (Å²) in [5, 5.41) is 9.44. The molecular formula is C8H13F3O4S. The van der Waals surface area contributed by atoms with Crippen molar-refractivity contribution < 1.29 is 30.9 Å². The highest BCUT2D eigenvalue weighted by Crippen LogP contribution is 2.59. The summed E-state index contributed by atoms with van der Waals surface area (Å²) in [7, 11) is -3.80. The summed E-state index contributed by atoms with van der Waals surface area (Å²) in [6, 6.07) is 0. The van der Waals surface area contributed by atoms with Gasteiger partial charge in [0, 0.05) is 5.41 Å². The second kappa shape index (κ2) is 3.58. The van der Waals surface area contributed by atoms with Gasteiger partial charge >= 0.3 is 6.18 Å². The summed E-state index contributed by atoms with van der Waals surface area (Å²) in [5.74, 6) is 0. The fourth-order valence-corrected chi connectivity index (χ4v) is 1.88. The minimum absolute atomic E-state index is 0.0923. The molecule has 1 rings (SSSR count). The molecule has 0 amide bonds. The summed E-state index contributed by atoms with van der Waals surface area (Å²) in [6.07, 6.45) is -3.86. The Kier molecular flexibility index (Phi) is 3.07. The fourth-order valence-electron chi connectivity index (χ4n) is 1.44. The van der Waals surface area contributed by atoms with Gasteiger partial charge in [0.2, 0.25) is 0 Å². The second-order valence-corrected chi connectivity index (χ2v) is 5.96. The van der Waals surface area contributed by atoms with E-state index in [0.29, 0.717) is 6.92 Å². The largest absolute Gasteiger partial charge is 0.417 e. The normalized spacial score (nSPS) is 23.9. The van der Waals surface area contributed by atoms with Crippen molar-refractivity contribution in [2.75, 3.05) is 12.9 Å². The molecule has 0 radical (unpaired) electrons. The summed E-state index contributed by atoms with van der Waals surface area (Å²) in [5.41, 5.74) is -4.46. The molecule has 0 aromatic rings. The number of hydrogen-bond donors (Lipinski definition) is 1. The highest BCUT2D eigenvalue weighted by atomic mass is 32.2. The van der Waals surface area contributed by atoms with E-state index in [1.54, 1.807) is 0 Å². The summed E-state index contributed by atoms with van der Waals surface area (Å²) in [6.45, 7) is 0.00395. The maximum Gasteiger partial charge on any atom is 0.417 e. The quantitative estimate of drug-likeness (QED) is 0.769. The molecule has 8 heteroatoms. The first-order chi connectivity index (χ1) is 6.91. The van der Waals surface area contributed by atoms with Gasteiger partial charge in [-0.3, -0.25) is 4.18 Å². The van der Waals surface area contributed by atoms with Crippen LogP contribution in [0.3, 0.4) is 0 Å². The van der Waals surface area contributed by atoms with Crippen LogP contribution in [0.25, 0.3) is 0 Å². The van der Waals surface area contributed by atoms with Crippen molar-refractivity contribution in [1.29, 1.82) is 0 Å². The van der Waals surface area contributed by atoms with Crippen LogP contribution in [-0.4, -0.2) is 38.2 Å². The highest BCUT2D eigenvalue weighted by Gasteiger charge is 2.68. The zero-order valence-electron chi connectivity index (χ0n) is 8.84. The van der Waals surface area contributed by atoms with Crippen LogP contribution in [-0.2, 0) is 14.3 Å². The molecule has 0 saturated heterocycles. The van der Waals surface area contributed by atoms with E-state index in [1.807, 2.05) is 0 Å². The number of alkyl halides is 3. The minimum Gasteiger partial charge on any atom is -0.380 e. The van der Waals surface area contributed by atoms with Gasteiger partial charge in [-0.25, -0.2) is 0 Å². The molecule has 0 heterocycles. The Morgan fingerprint density at radius 3 is 2.06 bits per heavy atom. The van der Waals surface area contributed by atoms with Gasteiger partial charge < -0.3 is 5.11 Å². The summed E-state index contributed by atoms with van der Waals surface area (Å²) < 4.78 is 63.3. The maximum absolute atomic E-state index is 12.5. The standard InChI is InChI=1S/C8H13F3O4S/c1-6(12,8(9,10)11)7(3-4-7)5-15-16(2,13)14/h12H,3-5H2,1-2H3. The lowest BCUT2D eigenvalue weighted by Gasteiger charge is -2.34. The van der Waals surface area contributed by atoms with Gasteiger partial charge in [0.05, 0.1) is 12.9 Å². The predicted octanol–water partition coefficient (Wildman–Crippen LogP) is 1.06. The first-order valence-electron chi connectivity index (χ1n) is 4.55. The molecule has 0 bridgehead atoms. The highest BCUT2D eigenvalue weighted by molar-refractivity contribution is 7.85. The van der Waals surface area contributed by atoms with Crippen LogP contribution in [0.2, 0.25) is 0 Å². The Morgan fingerprint density at radius 1 is 1.38 bits per heavy atom. The average Bonchev–Trinajstić information content (AvgIpc) is 2.77. The number of rotatable bonds is 4. The van der Waals surface area contributed by atoms with Crippen LogP contribution in [0.5, 0.6) is 0 Å². The van der Waals surface area contributed by atoms with E-state index in [-0.39, 0.29) is 12.8 Å². The van der Waals surface area contributed by atoms with Crippen molar-refractivity contribution >= 4 is 10.1 Å². The molecule has 0 aromatic carbocycles. The lowest BCUT2D eigenvalue weighted by atomic mass is 9.86. The van der Waals surface area contributed by atoms with Crippen molar-refractivity contribution in [3.63, 3.8) is 0 Å². The molecule has 1 atom stereocenters. The van der Waals surface area contributed by atoms with Crippen molar-refractivity contribution in [3.05, 3.63) is 0 Å². The molecule has 0 aromatic heterocycles. The zero-order valence-corrected chi connectivity index (χ0v) is 9.65. The van der Waals surface area contributed by atoms with Crippen LogP contribution in [0, 0.1) is 5.41 Å². The van der Waals surface area contributed by atoms with Crippen LogP contribution >= 0.6 is 0 Å². The monoisotopic (exact) mass is 262 g/mol. The molecule has 1 aliphatic carbocycles. The average molecular weight is 262 g/mol. The fraction of sp³-hybridized carbons (Fsp3) is 1.00. The number of hydrogen-bond acceptors (Lipinski definition) is 4. The molecule has 0 aliphatic heterocycles. The maximum atomic E-state index is 12.5. The van der Waals surface area contributed by atoms with E-state index in [2.05, 4.69) is 4.18 Å². The third kappa shape index (κ3) is 2.49. The lowest BCUT2D eigenvalue weighted by Crippen LogP contribution is -2.52. The number of aliphatic hydroxyl groups is 1. The molecule has 0 spiro atoms. The van der Waals surface area contributed by atoms with E-state index >= 15 is 0 Å². The first-order valence-corrected chi connectivity index (χ1v) is 6.36. The van der Waals surface area contributed by atoms with E-state index in [4.69, 9.17) is 0 Å². The molecule has 1 N–H and O–H groups in total. The van der Waals surface area contributed by atoms with Crippen LogP contribution in [0.15, 0.2) is 0 Å². The number of halogens is 3. The SMILES string of the molecule is CC(O)(C(F)(F)F)C1(COS(C)(=O)=O)CC1. The first kappa shape index (κ1) is 13.7. The van der Waals surface area contributed by atoms with Crippen molar-refractivity contribution in [2.24, 2.45) is 5.41 Å². The molecule has 1 saturated carbocycles. The lowest BCUT2D eigenvalue weighted by molar-refractivity contribution is -0.280. The summed E-state index contributed by atoms with van der Waals surface area (Å²) in [4.78, 5) is 0. The van der Waals surface area contributed by atoms with Gasteiger partial charge in [0.25, 0.3) is 10.1 Å². The van der Waals surface area contributed by atoms with Gasteiger partial charge in [0.15, 0.2) is 5.60 Å². The third-order valence-electron chi connectivity index (χ3n) is 2.99. The smallest absolute Gasteiger partial charge is 0.380 e.